The molecule has 22 heavy (non-hydrogen) atoms. The van der Waals surface area contributed by atoms with Gasteiger partial charge in [-0.25, -0.2) is 13.2 Å². The van der Waals surface area contributed by atoms with Crippen molar-refractivity contribution in [3.63, 3.8) is 0 Å². The van der Waals surface area contributed by atoms with Crippen LogP contribution in [0.15, 0.2) is 48.5 Å². The van der Waals surface area contributed by atoms with Crippen LogP contribution in [0.1, 0.15) is 24.1 Å². The second-order valence-electron chi connectivity index (χ2n) is 4.78. The molecule has 0 heterocycles. The van der Waals surface area contributed by atoms with Crippen molar-refractivity contribution in [3.05, 3.63) is 77.1 Å². The Morgan fingerprint density at radius 1 is 1.05 bits per heavy atom. The molecule has 0 aliphatic heterocycles. The van der Waals surface area contributed by atoms with Crippen LogP contribution in [0.3, 0.4) is 0 Å². The van der Waals surface area contributed by atoms with Crippen LogP contribution >= 0.6 is 0 Å². The van der Waals surface area contributed by atoms with Crippen molar-refractivity contribution in [2.24, 2.45) is 0 Å². The van der Waals surface area contributed by atoms with Crippen LogP contribution in [0, 0.1) is 17.5 Å². The number of nitrogens with one attached hydrogen (secondary N) is 1. The Kier molecular flexibility index (Phi) is 4.99. The van der Waals surface area contributed by atoms with Crippen LogP contribution in [0.25, 0.3) is 6.08 Å². The summed E-state index contributed by atoms with van der Waals surface area (Å²) in [5.41, 5.74) is 0.863. The number of hydrogen-bond acceptors (Lipinski definition) is 1. The fourth-order valence-electron chi connectivity index (χ4n) is 1.94. The molecule has 0 saturated carbocycles. The molecule has 0 fully saturated rings. The quantitative estimate of drug-likeness (QED) is 0.850. The van der Waals surface area contributed by atoms with E-state index >= 15 is 0 Å². The summed E-state index contributed by atoms with van der Waals surface area (Å²) in [6.45, 7) is 1.60. The summed E-state index contributed by atoms with van der Waals surface area (Å²) in [7, 11) is 0. The number of hydrogen-bond donors (Lipinski definition) is 1. The van der Waals surface area contributed by atoms with E-state index in [2.05, 4.69) is 5.32 Å². The van der Waals surface area contributed by atoms with E-state index in [1.807, 2.05) is 0 Å². The Hall–Kier alpha value is -2.56. The van der Waals surface area contributed by atoms with Gasteiger partial charge in [0, 0.05) is 17.7 Å². The van der Waals surface area contributed by atoms with Gasteiger partial charge in [-0.2, -0.15) is 0 Å². The fourth-order valence-corrected chi connectivity index (χ4v) is 1.94. The number of carbonyl (C=O) groups is 1. The fraction of sp³-hybridized carbons (Fsp3) is 0.118. The Balaban J connectivity index is 2.00. The van der Waals surface area contributed by atoms with Gasteiger partial charge in [-0.05, 0) is 36.8 Å². The van der Waals surface area contributed by atoms with Gasteiger partial charge in [0.1, 0.15) is 17.5 Å². The Bertz CT molecular complexity index is 696. The maximum absolute atomic E-state index is 13.6. The van der Waals surface area contributed by atoms with E-state index in [4.69, 9.17) is 0 Å². The van der Waals surface area contributed by atoms with E-state index in [0.717, 1.165) is 12.1 Å². The van der Waals surface area contributed by atoms with Crippen molar-refractivity contribution in [2.45, 2.75) is 13.0 Å². The highest BCUT2D eigenvalue weighted by atomic mass is 19.1. The summed E-state index contributed by atoms with van der Waals surface area (Å²) in [4.78, 5) is 11.8. The lowest BCUT2D eigenvalue weighted by atomic mass is 10.1. The molecule has 2 nitrogen and oxygen atoms in total. The van der Waals surface area contributed by atoms with Gasteiger partial charge in [0.25, 0.3) is 0 Å². The molecule has 114 valence electrons. The van der Waals surface area contributed by atoms with Gasteiger partial charge in [0.15, 0.2) is 0 Å². The zero-order valence-corrected chi connectivity index (χ0v) is 11.8. The highest BCUT2D eigenvalue weighted by Gasteiger charge is 2.12. The van der Waals surface area contributed by atoms with Gasteiger partial charge in [-0.15, -0.1) is 0 Å². The molecule has 2 aromatic carbocycles. The van der Waals surface area contributed by atoms with Crippen molar-refractivity contribution in [2.75, 3.05) is 0 Å². The van der Waals surface area contributed by atoms with Crippen molar-refractivity contribution >= 4 is 12.0 Å². The number of carbonyl (C=O) groups excluding carboxylic acids is 1. The van der Waals surface area contributed by atoms with Gasteiger partial charge in [0.05, 0.1) is 6.04 Å². The number of benzene rings is 2. The molecule has 0 saturated heterocycles. The van der Waals surface area contributed by atoms with Crippen LogP contribution in [0.5, 0.6) is 0 Å². The molecule has 0 aliphatic rings. The highest BCUT2D eigenvalue weighted by molar-refractivity contribution is 5.91. The van der Waals surface area contributed by atoms with E-state index in [9.17, 15) is 18.0 Å². The highest BCUT2D eigenvalue weighted by Crippen LogP contribution is 2.17. The molecule has 0 aromatic heterocycles. The number of halogens is 3. The lowest BCUT2D eigenvalue weighted by Crippen LogP contribution is -2.25. The third kappa shape index (κ3) is 4.22. The standard InChI is InChI=1S/C17H14F3NO/c1-11(15-8-7-14(19)10-16(15)20)21-17(22)9-4-12-2-5-13(18)6-3-12/h2-11H,1H3,(H,21,22). The molecule has 1 N–H and O–H groups in total. The van der Waals surface area contributed by atoms with E-state index in [0.29, 0.717) is 5.56 Å². The van der Waals surface area contributed by atoms with Gasteiger partial charge < -0.3 is 5.32 Å². The van der Waals surface area contributed by atoms with Gasteiger partial charge in [-0.3, -0.25) is 4.79 Å². The molecule has 5 heteroatoms. The number of rotatable bonds is 4. The predicted molar refractivity (Wildman–Crippen MR) is 78.3 cm³/mol. The normalized spacial score (nSPS) is 12.4. The molecule has 0 aliphatic carbocycles. The van der Waals surface area contributed by atoms with Crippen LogP contribution < -0.4 is 5.32 Å². The molecule has 2 rings (SSSR count). The van der Waals surface area contributed by atoms with Crippen molar-refractivity contribution in [1.82, 2.24) is 5.32 Å². The van der Waals surface area contributed by atoms with Crippen LogP contribution in [-0.2, 0) is 4.79 Å². The molecule has 1 amide bonds. The topological polar surface area (TPSA) is 29.1 Å². The average Bonchev–Trinajstić information content (AvgIpc) is 2.46. The van der Waals surface area contributed by atoms with E-state index < -0.39 is 23.6 Å². The minimum absolute atomic E-state index is 0.199. The van der Waals surface area contributed by atoms with Gasteiger partial charge in [0.2, 0.25) is 5.91 Å². The Labute approximate surface area is 126 Å². The van der Waals surface area contributed by atoms with Crippen molar-refractivity contribution < 1.29 is 18.0 Å². The lowest BCUT2D eigenvalue weighted by Gasteiger charge is -2.13. The first kappa shape index (κ1) is 15.8. The second kappa shape index (κ2) is 6.93. The SMILES string of the molecule is CC(NC(=O)C=Cc1ccc(F)cc1)c1ccc(F)cc1F. The maximum Gasteiger partial charge on any atom is 0.244 e. The molecule has 0 bridgehead atoms. The van der Waals surface area contributed by atoms with Crippen LogP contribution in [0.4, 0.5) is 13.2 Å². The average molecular weight is 305 g/mol. The van der Waals surface area contributed by atoms with E-state index in [1.165, 1.54) is 42.5 Å². The lowest BCUT2D eigenvalue weighted by molar-refractivity contribution is -0.117. The minimum atomic E-state index is -0.713. The summed E-state index contributed by atoms with van der Waals surface area (Å²) in [5.74, 6) is -2.17. The molecular weight excluding hydrogens is 291 g/mol. The van der Waals surface area contributed by atoms with Gasteiger partial charge >= 0.3 is 0 Å². The first-order valence-electron chi connectivity index (χ1n) is 6.65. The van der Waals surface area contributed by atoms with Crippen molar-refractivity contribution in [1.29, 1.82) is 0 Å². The maximum atomic E-state index is 13.6. The molecule has 0 radical (unpaired) electrons. The van der Waals surface area contributed by atoms with Gasteiger partial charge in [-0.1, -0.05) is 18.2 Å². The zero-order chi connectivity index (χ0) is 16.1. The smallest absolute Gasteiger partial charge is 0.244 e. The summed E-state index contributed by atoms with van der Waals surface area (Å²) in [6.07, 6.45) is 2.79. The predicted octanol–water partition coefficient (Wildman–Crippen LogP) is 3.99. The first-order valence-corrected chi connectivity index (χ1v) is 6.65. The number of amides is 1. The monoisotopic (exact) mass is 305 g/mol. The van der Waals surface area contributed by atoms with E-state index in [-0.39, 0.29) is 11.4 Å². The van der Waals surface area contributed by atoms with Crippen molar-refractivity contribution in [3.8, 4) is 0 Å². The van der Waals surface area contributed by atoms with Crippen LogP contribution in [-0.4, -0.2) is 5.91 Å². The largest absolute Gasteiger partial charge is 0.346 e. The third-order valence-corrected chi connectivity index (χ3v) is 3.08. The summed E-state index contributed by atoms with van der Waals surface area (Å²) >= 11 is 0. The summed E-state index contributed by atoms with van der Waals surface area (Å²) in [6, 6.07) is 8.22. The minimum Gasteiger partial charge on any atom is -0.346 e. The Morgan fingerprint density at radius 2 is 1.68 bits per heavy atom. The second-order valence-corrected chi connectivity index (χ2v) is 4.78. The molecule has 2 aromatic rings. The summed E-state index contributed by atoms with van der Waals surface area (Å²) in [5, 5.41) is 2.58. The first-order chi connectivity index (χ1) is 10.5. The molecular formula is C17H14F3NO. The van der Waals surface area contributed by atoms with E-state index in [1.54, 1.807) is 6.92 Å². The summed E-state index contributed by atoms with van der Waals surface area (Å²) < 4.78 is 39.2. The van der Waals surface area contributed by atoms with Crippen LogP contribution in [0.2, 0.25) is 0 Å². The molecule has 1 atom stereocenters. The molecule has 0 spiro atoms. The molecule has 1 unspecified atom stereocenters. The zero-order valence-electron chi connectivity index (χ0n) is 11.8. The Morgan fingerprint density at radius 3 is 2.32 bits per heavy atom. The third-order valence-electron chi connectivity index (χ3n) is 3.08.